The van der Waals surface area contributed by atoms with Gasteiger partial charge in [0.1, 0.15) is 0 Å². The molecule has 0 aromatic heterocycles. The molecule has 6 rings (SSSR count). The fourth-order valence-corrected chi connectivity index (χ4v) is 8.69. The molecular weight excluding hydrogens is 783 g/mol. The lowest BCUT2D eigenvalue weighted by molar-refractivity contribution is -0.131. The SMILES string of the molecule is CC(=O)N1CCN(C(C)(C)C)CC1.CC(C)(C)N1CCCC1.CC(C)(C)N1CCCCC1.CC(C)(C)N1CCNCC1.CC(C)(C)N1CCOCC1.CN1CCN(C(C)(C)C)CC1. The Morgan fingerprint density at radius 1 is 0.365 bits per heavy atom. The van der Waals surface area contributed by atoms with Crippen LogP contribution in [-0.4, -0.2) is 216 Å². The average Bonchev–Trinajstić information content (AvgIpc) is 3.76. The number of amides is 1. The Balaban J connectivity index is 0.000000379. The van der Waals surface area contributed by atoms with Gasteiger partial charge in [0.25, 0.3) is 0 Å². The van der Waals surface area contributed by atoms with E-state index in [0.717, 1.165) is 65.6 Å². The second-order valence-electron chi connectivity index (χ2n) is 24.9. The largest absolute Gasteiger partial charge is 0.379 e. The van der Waals surface area contributed by atoms with Gasteiger partial charge in [-0.3, -0.25) is 34.2 Å². The number of hydrogen-bond donors (Lipinski definition) is 1. The lowest BCUT2D eigenvalue weighted by Crippen LogP contribution is -2.54. The number of likely N-dealkylation sites (N-methyl/N-ethyl adjacent to an activating group) is 1. The minimum Gasteiger partial charge on any atom is -0.379 e. The summed E-state index contributed by atoms with van der Waals surface area (Å²) in [6.45, 7) is 65.1. The molecule has 11 nitrogen and oxygen atoms in total. The number of hydrogen-bond acceptors (Lipinski definition) is 10. The fourth-order valence-electron chi connectivity index (χ4n) is 8.69. The van der Waals surface area contributed by atoms with Crippen LogP contribution in [-0.2, 0) is 9.53 Å². The molecule has 6 heterocycles. The number of carbonyl (C=O) groups is 1. The van der Waals surface area contributed by atoms with E-state index in [4.69, 9.17) is 4.74 Å². The number of nitrogens with zero attached hydrogens (tertiary/aromatic N) is 8. The molecule has 11 heteroatoms. The lowest BCUT2D eigenvalue weighted by Gasteiger charge is -2.42. The maximum absolute atomic E-state index is 11.1. The molecule has 0 saturated carbocycles. The Morgan fingerprint density at radius 2 is 0.635 bits per heavy atom. The average molecular weight is 895 g/mol. The molecule has 0 aromatic carbocycles. The molecule has 0 atom stereocenters. The van der Waals surface area contributed by atoms with Gasteiger partial charge in [0.05, 0.1) is 13.2 Å². The van der Waals surface area contributed by atoms with E-state index in [0.29, 0.717) is 27.7 Å². The number of morpholine rings is 1. The number of nitrogens with one attached hydrogen (secondary N) is 1. The molecule has 0 aromatic rings. The van der Waals surface area contributed by atoms with Gasteiger partial charge >= 0.3 is 0 Å². The van der Waals surface area contributed by atoms with Crippen LogP contribution in [0.25, 0.3) is 0 Å². The second-order valence-corrected chi connectivity index (χ2v) is 24.9. The number of rotatable bonds is 0. The predicted molar refractivity (Wildman–Crippen MR) is 274 cm³/mol. The van der Waals surface area contributed by atoms with E-state index in [-0.39, 0.29) is 11.4 Å². The summed E-state index contributed by atoms with van der Waals surface area (Å²) in [5, 5.41) is 3.35. The van der Waals surface area contributed by atoms with Crippen LogP contribution in [0.15, 0.2) is 0 Å². The van der Waals surface area contributed by atoms with Gasteiger partial charge in [-0.25, -0.2) is 0 Å². The molecule has 63 heavy (non-hydrogen) atoms. The van der Waals surface area contributed by atoms with E-state index in [1.807, 2.05) is 4.90 Å². The Hall–Kier alpha value is -0.890. The van der Waals surface area contributed by atoms with Crippen LogP contribution in [0, 0.1) is 0 Å². The zero-order valence-corrected chi connectivity index (χ0v) is 46.1. The number of carbonyl (C=O) groups excluding carboxylic acids is 1. The summed E-state index contributed by atoms with van der Waals surface area (Å²) in [5.41, 5.74) is 2.10. The summed E-state index contributed by atoms with van der Waals surface area (Å²) in [4.78, 5) is 30.4. The van der Waals surface area contributed by atoms with Gasteiger partial charge in [-0.1, -0.05) is 6.42 Å². The normalized spacial score (nSPS) is 22.7. The first kappa shape index (κ1) is 60.1. The van der Waals surface area contributed by atoms with Crippen LogP contribution in [0.5, 0.6) is 0 Å². The summed E-state index contributed by atoms with van der Waals surface area (Å²) in [6.07, 6.45) is 7.04. The van der Waals surface area contributed by atoms with Gasteiger partial charge < -0.3 is 19.9 Å². The quantitative estimate of drug-likeness (QED) is 0.260. The fraction of sp³-hybridized carbons (Fsp3) is 0.981. The zero-order valence-electron chi connectivity index (χ0n) is 46.1. The molecule has 0 aliphatic carbocycles. The van der Waals surface area contributed by atoms with E-state index in [1.165, 1.54) is 97.6 Å². The standard InChI is InChI=1S/C10H20N2O.C9H20N2.C9H19N.C8H18N2.C8H17NO.C8H17N/c1-9(13)11-5-7-12(8-6-11)10(2,3)4;1-9(2,3)11-7-5-10(4)6-8-11;1-9(2,3)10-7-5-4-6-8-10;1-8(2,3)10-6-4-9-5-7-10;1-8(2,3)9-4-6-10-7-5-9;1-8(2,3)9-6-4-5-7-9/h5-8H2,1-4H3;5-8H2,1-4H3;4-8H2,1-3H3;9H,4-7H2,1-3H3;4-7H2,1-3H3;4-7H2,1-3H3. The summed E-state index contributed by atoms with van der Waals surface area (Å²) >= 11 is 0. The van der Waals surface area contributed by atoms with Crippen molar-refractivity contribution >= 4 is 5.91 Å². The molecule has 6 fully saturated rings. The predicted octanol–water partition coefficient (Wildman–Crippen LogP) is 7.94. The molecule has 6 saturated heterocycles. The number of piperidine rings is 1. The Bertz CT molecular complexity index is 1100. The van der Waals surface area contributed by atoms with Gasteiger partial charge in [-0.2, -0.15) is 0 Å². The monoisotopic (exact) mass is 894 g/mol. The maximum atomic E-state index is 11.1. The van der Waals surface area contributed by atoms with Crippen molar-refractivity contribution in [3.8, 4) is 0 Å². The van der Waals surface area contributed by atoms with E-state index in [9.17, 15) is 4.79 Å². The van der Waals surface area contributed by atoms with Crippen LogP contribution >= 0.6 is 0 Å². The highest BCUT2D eigenvalue weighted by Gasteiger charge is 2.28. The topological polar surface area (TPSA) is 64.3 Å². The van der Waals surface area contributed by atoms with Crippen molar-refractivity contribution in [2.45, 2.75) is 197 Å². The molecule has 1 N–H and O–H groups in total. The maximum Gasteiger partial charge on any atom is 0.219 e. The van der Waals surface area contributed by atoms with Gasteiger partial charge in [0, 0.05) is 132 Å². The second kappa shape index (κ2) is 27.8. The van der Waals surface area contributed by atoms with Gasteiger partial charge in [0.2, 0.25) is 5.91 Å². The Morgan fingerprint density at radius 3 is 0.905 bits per heavy atom. The highest BCUT2D eigenvalue weighted by molar-refractivity contribution is 5.73. The number of piperazine rings is 3. The first-order chi connectivity index (χ1) is 28.8. The lowest BCUT2D eigenvalue weighted by atomic mass is 10.0. The third kappa shape index (κ3) is 26.3. The van der Waals surface area contributed by atoms with Crippen LogP contribution in [0.3, 0.4) is 0 Å². The van der Waals surface area contributed by atoms with E-state index in [2.05, 4.69) is 171 Å². The third-order valence-corrected chi connectivity index (χ3v) is 13.5. The van der Waals surface area contributed by atoms with Gasteiger partial charge in [-0.15, -0.1) is 0 Å². The number of ether oxygens (including phenoxy) is 1. The summed E-state index contributed by atoms with van der Waals surface area (Å²) in [7, 11) is 2.19. The van der Waals surface area contributed by atoms with Gasteiger partial charge in [-0.05, 0) is 184 Å². The van der Waals surface area contributed by atoms with Crippen LogP contribution in [0.4, 0.5) is 0 Å². The molecule has 0 radical (unpaired) electrons. The van der Waals surface area contributed by atoms with Crippen molar-refractivity contribution in [1.82, 2.24) is 44.5 Å². The van der Waals surface area contributed by atoms with Crippen molar-refractivity contribution in [2.75, 3.05) is 138 Å². The molecule has 6 aliphatic heterocycles. The van der Waals surface area contributed by atoms with Crippen molar-refractivity contribution in [1.29, 1.82) is 0 Å². The Kier molecular flexibility index (Phi) is 26.5. The zero-order chi connectivity index (χ0) is 48.3. The van der Waals surface area contributed by atoms with Crippen molar-refractivity contribution < 1.29 is 9.53 Å². The van der Waals surface area contributed by atoms with Crippen molar-refractivity contribution in [2.24, 2.45) is 0 Å². The third-order valence-electron chi connectivity index (χ3n) is 13.5. The summed E-state index contributed by atoms with van der Waals surface area (Å²) in [6, 6.07) is 0. The van der Waals surface area contributed by atoms with Crippen molar-refractivity contribution in [3.63, 3.8) is 0 Å². The molecule has 0 bridgehead atoms. The minimum absolute atomic E-state index is 0.202. The van der Waals surface area contributed by atoms with Crippen LogP contribution in [0.2, 0.25) is 0 Å². The molecule has 0 spiro atoms. The van der Waals surface area contributed by atoms with E-state index >= 15 is 0 Å². The summed E-state index contributed by atoms with van der Waals surface area (Å²) < 4.78 is 5.25. The number of likely N-dealkylation sites (tertiary alicyclic amines) is 2. The molecule has 0 unspecified atom stereocenters. The van der Waals surface area contributed by atoms with Crippen LogP contribution < -0.4 is 5.32 Å². The molecule has 376 valence electrons. The van der Waals surface area contributed by atoms with Gasteiger partial charge in [0.15, 0.2) is 0 Å². The molecular formula is C52H111N9O2. The first-order valence-electron chi connectivity index (χ1n) is 25.6. The Labute approximate surface area is 393 Å². The van der Waals surface area contributed by atoms with E-state index < -0.39 is 0 Å². The summed E-state index contributed by atoms with van der Waals surface area (Å²) in [5.74, 6) is 0.202. The van der Waals surface area contributed by atoms with E-state index in [1.54, 1.807) is 6.92 Å². The van der Waals surface area contributed by atoms with Crippen molar-refractivity contribution in [3.05, 3.63) is 0 Å². The molecule has 1 amide bonds. The first-order valence-corrected chi connectivity index (χ1v) is 25.6. The highest BCUT2D eigenvalue weighted by Crippen LogP contribution is 2.21. The van der Waals surface area contributed by atoms with Crippen LogP contribution in [0.1, 0.15) is 164 Å². The molecule has 6 aliphatic rings. The smallest absolute Gasteiger partial charge is 0.219 e. The minimum atomic E-state index is 0.202. The highest BCUT2D eigenvalue weighted by atomic mass is 16.5.